The van der Waals surface area contributed by atoms with E-state index in [0.29, 0.717) is 48.5 Å². The number of fused-ring (bicyclic) bond motifs is 1. The zero-order chi connectivity index (χ0) is 25.9. The second-order valence-corrected chi connectivity index (χ2v) is 14.5. The molecule has 1 saturated heterocycles. The summed E-state index contributed by atoms with van der Waals surface area (Å²) in [4.78, 5) is 35.3. The summed E-state index contributed by atoms with van der Waals surface area (Å²) in [5.74, 6) is 3.09. The highest BCUT2D eigenvalue weighted by molar-refractivity contribution is 6.84. The molecule has 1 fully saturated rings. The SMILES string of the molecule is C.COc1ncc(OC)c2c(C(=O)C(=O)N3CCC(=C(C#C[Si](C)(C)C)c4ccccc4)CC3)c[nH]c12. The lowest BCUT2D eigenvalue weighted by Crippen LogP contribution is -2.40. The maximum atomic E-state index is 13.3. The van der Waals surface area contributed by atoms with Crippen LogP contribution in [0, 0.1) is 11.5 Å². The molecule has 1 N–H and O–H groups in total. The number of piperidine rings is 1. The molecule has 0 unspecified atom stereocenters. The Balaban J connectivity index is 0.00000380. The minimum atomic E-state index is -1.56. The van der Waals surface area contributed by atoms with Gasteiger partial charge in [-0.2, -0.15) is 0 Å². The summed E-state index contributed by atoms with van der Waals surface area (Å²) in [5.41, 5.74) is 7.64. The zero-order valence-corrected chi connectivity index (χ0v) is 22.4. The van der Waals surface area contributed by atoms with Crippen LogP contribution in [0.15, 0.2) is 48.3 Å². The number of rotatable bonds is 5. The number of benzene rings is 1. The summed E-state index contributed by atoms with van der Waals surface area (Å²) in [6.07, 6.45) is 4.37. The molecule has 1 aromatic carbocycles. The van der Waals surface area contributed by atoms with Crippen LogP contribution in [-0.2, 0) is 4.79 Å². The van der Waals surface area contributed by atoms with Gasteiger partial charge in [0.15, 0.2) is 0 Å². The van der Waals surface area contributed by atoms with Crippen LogP contribution in [0.3, 0.4) is 0 Å². The Bertz CT molecular complexity index is 1380. The molecule has 3 heterocycles. The lowest BCUT2D eigenvalue weighted by Gasteiger charge is -2.29. The number of pyridine rings is 1. The number of aromatic nitrogens is 2. The lowest BCUT2D eigenvalue weighted by atomic mass is 9.93. The zero-order valence-electron chi connectivity index (χ0n) is 21.4. The van der Waals surface area contributed by atoms with E-state index in [4.69, 9.17) is 9.47 Å². The fourth-order valence-corrected chi connectivity index (χ4v) is 4.79. The molecule has 194 valence electrons. The Hall–Kier alpha value is -3.83. The number of Topliss-reactive ketones (excluding diaryl/α,β-unsaturated/α-hetero) is 1. The summed E-state index contributed by atoms with van der Waals surface area (Å²) in [7, 11) is 1.44. The van der Waals surface area contributed by atoms with E-state index in [9.17, 15) is 9.59 Å². The second kappa shape index (κ2) is 11.5. The maximum absolute atomic E-state index is 13.3. The van der Waals surface area contributed by atoms with E-state index in [1.54, 1.807) is 4.90 Å². The molecule has 0 saturated carbocycles. The number of hydrogen-bond acceptors (Lipinski definition) is 5. The number of amides is 1. The van der Waals surface area contributed by atoms with Gasteiger partial charge in [-0.15, -0.1) is 5.54 Å². The third-order valence-corrected chi connectivity index (χ3v) is 7.00. The molecule has 8 heteroatoms. The van der Waals surface area contributed by atoms with Crippen molar-refractivity contribution in [1.29, 1.82) is 0 Å². The number of ketones is 1. The van der Waals surface area contributed by atoms with Crippen molar-refractivity contribution in [1.82, 2.24) is 14.9 Å². The number of H-pyrrole nitrogens is 1. The first-order chi connectivity index (χ1) is 17.2. The fourth-order valence-electron chi connectivity index (χ4n) is 4.29. The van der Waals surface area contributed by atoms with Gasteiger partial charge in [0.2, 0.25) is 5.88 Å². The van der Waals surface area contributed by atoms with Crippen LogP contribution in [0.2, 0.25) is 19.6 Å². The van der Waals surface area contributed by atoms with Crippen molar-refractivity contribution < 1.29 is 19.1 Å². The highest BCUT2D eigenvalue weighted by Gasteiger charge is 2.30. The fraction of sp³-hybridized carbons (Fsp3) is 0.345. The van der Waals surface area contributed by atoms with Gasteiger partial charge in [-0.25, -0.2) is 4.98 Å². The average Bonchev–Trinajstić information content (AvgIpc) is 3.33. The van der Waals surface area contributed by atoms with Gasteiger partial charge in [-0.3, -0.25) is 9.59 Å². The Kier molecular flexibility index (Phi) is 8.61. The normalized spacial score (nSPS) is 13.3. The summed E-state index contributed by atoms with van der Waals surface area (Å²) in [6.45, 7) is 7.62. The molecule has 0 aliphatic carbocycles. The molecule has 2 aromatic heterocycles. The topological polar surface area (TPSA) is 84.5 Å². The van der Waals surface area contributed by atoms with E-state index in [1.807, 2.05) is 18.2 Å². The van der Waals surface area contributed by atoms with Crippen molar-refractivity contribution in [3.63, 3.8) is 0 Å². The van der Waals surface area contributed by atoms with E-state index >= 15 is 0 Å². The minimum Gasteiger partial charge on any atom is -0.494 e. The third kappa shape index (κ3) is 5.95. The maximum Gasteiger partial charge on any atom is 0.295 e. The highest BCUT2D eigenvalue weighted by atomic mass is 28.3. The van der Waals surface area contributed by atoms with Gasteiger partial charge in [-0.05, 0) is 18.4 Å². The molecule has 37 heavy (non-hydrogen) atoms. The number of methoxy groups -OCH3 is 2. The molecule has 0 spiro atoms. The van der Waals surface area contributed by atoms with Crippen molar-refractivity contribution in [2.75, 3.05) is 27.3 Å². The summed E-state index contributed by atoms with van der Waals surface area (Å²) >= 11 is 0. The first-order valence-corrected chi connectivity index (χ1v) is 15.5. The van der Waals surface area contributed by atoms with Crippen molar-refractivity contribution in [2.45, 2.75) is 39.9 Å². The van der Waals surface area contributed by atoms with Crippen LogP contribution in [0.1, 0.15) is 36.2 Å². The van der Waals surface area contributed by atoms with E-state index < -0.39 is 19.8 Å². The van der Waals surface area contributed by atoms with Crippen molar-refractivity contribution in [3.05, 3.63) is 59.4 Å². The first kappa shape index (κ1) is 27.7. The molecular weight excluding hydrogens is 482 g/mol. The molecule has 1 aliphatic heterocycles. The predicted octanol–water partition coefficient (Wildman–Crippen LogP) is 5.36. The lowest BCUT2D eigenvalue weighted by molar-refractivity contribution is -0.126. The Morgan fingerprint density at radius 3 is 2.32 bits per heavy atom. The van der Waals surface area contributed by atoms with Gasteiger partial charge in [-0.1, -0.05) is 68.9 Å². The smallest absolute Gasteiger partial charge is 0.295 e. The Morgan fingerprint density at radius 1 is 1.05 bits per heavy atom. The number of likely N-dealkylation sites (tertiary alicyclic amines) is 1. The number of allylic oxidation sites excluding steroid dienone is 1. The Labute approximate surface area is 219 Å². The molecule has 4 rings (SSSR count). The van der Waals surface area contributed by atoms with Crippen molar-refractivity contribution >= 4 is 36.2 Å². The van der Waals surface area contributed by atoms with Crippen molar-refractivity contribution in [3.8, 4) is 23.1 Å². The predicted molar refractivity (Wildman–Crippen MR) is 151 cm³/mol. The molecule has 7 nitrogen and oxygen atoms in total. The largest absolute Gasteiger partial charge is 0.494 e. The standard InChI is InChI=1S/C28H31N3O4Si.CH4/c1-34-23-18-30-27(35-2)25-24(23)22(17-29-25)26(32)28(33)31-14-11-20(12-15-31)21(13-16-36(3,4)5)19-9-7-6-8-10-19;/h6-10,17-18,29H,11-12,14-15H2,1-5H3;1H4. The number of nitrogens with zero attached hydrogens (tertiary/aromatic N) is 2. The summed E-state index contributed by atoms with van der Waals surface area (Å²) in [6, 6.07) is 10.2. The Morgan fingerprint density at radius 2 is 1.73 bits per heavy atom. The van der Waals surface area contributed by atoms with Gasteiger partial charge >= 0.3 is 0 Å². The highest BCUT2D eigenvalue weighted by Crippen LogP contribution is 2.34. The number of ether oxygens (including phenoxy) is 2. The number of carbonyl (C=O) groups excluding carboxylic acids is 2. The van der Waals surface area contributed by atoms with Crippen LogP contribution >= 0.6 is 0 Å². The monoisotopic (exact) mass is 517 g/mol. The van der Waals surface area contributed by atoms with Crippen molar-refractivity contribution in [2.24, 2.45) is 0 Å². The van der Waals surface area contributed by atoms with Gasteiger partial charge in [0.1, 0.15) is 19.3 Å². The van der Waals surface area contributed by atoms with Crippen LogP contribution in [0.5, 0.6) is 11.6 Å². The second-order valence-electron chi connectivity index (χ2n) is 9.75. The molecule has 3 aromatic rings. The van der Waals surface area contributed by atoms with Gasteiger partial charge in [0.25, 0.3) is 11.7 Å². The van der Waals surface area contributed by atoms with Gasteiger partial charge < -0.3 is 19.4 Å². The van der Waals surface area contributed by atoms with E-state index in [0.717, 1.165) is 11.1 Å². The van der Waals surface area contributed by atoms with E-state index in [1.165, 1.54) is 32.2 Å². The van der Waals surface area contributed by atoms with Crippen LogP contribution < -0.4 is 9.47 Å². The first-order valence-electron chi connectivity index (χ1n) is 12.0. The van der Waals surface area contributed by atoms with E-state index in [-0.39, 0.29) is 13.0 Å². The summed E-state index contributed by atoms with van der Waals surface area (Å²) < 4.78 is 10.7. The average molecular weight is 518 g/mol. The third-order valence-electron chi connectivity index (χ3n) is 6.12. The number of carbonyl (C=O) groups is 2. The van der Waals surface area contributed by atoms with Crippen LogP contribution in [-0.4, -0.2) is 61.9 Å². The minimum absolute atomic E-state index is 0. The molecule has 0 radical (unpaired) electrons. The number of nitrogens with one attached hydrogen (secondary N) is 1. The van der Waals surface area contributed by atoms with Gasteiger partial charge in [0, 0.05) is 24.9 Å². The number of aromatic amines is 1. The molecule has 0 atom stereocenters. The molecule has 0 bridgehead atoms. The van der Waals surface area contributed by atoms with Crippen LogP contribution in [0.4, 0.5) is 0 Å². The quantitative estimate of drug-likeness (QED) is 0.213. The molecular formula is C29H35N3O4Si. The van der Waals surface area contributed by atoms with Gasteiger partial charge in [0.05, 0.1) is 31.4 Å². The molecule has 1 aliphatic rings. The molecule has 1 amide bonds. The number of hydrogen-bond donors (Lipinski definition) is 1. The van der Waals surface area contributed by atoms with E-state index in [2.05, 4.69) is 53.2 Å². The summed E-state index contributed by atoms with van der Waals surface area (Å²) in [5, 5.41) is 0.494. The van der Waals surface area contributed by atoms with Crippen LogP contribution in [0.25, 0.3) is 16.5 Å².